The maximum atomic E-state index is 11.8. The molecule has 0 aromatic carbocycles. The van der Waals surface area contributed by atoms with Crippen molar-refractivity contribution in [1.29, 1.82) is 0 Å². The summed E-state index contributed by atoms with van der Waals surface area (Å²) in [6, 6.07) is 0.843. The van der Waals surface area contributed by atoms with Gasteiger partial charge >= 0.3 is 0 Å². The van der Waals surface area contributed by atoms with Gasteiger partial charge in [-0.15, -0.1) is 0 Å². The molecule has 0 unspecified atom stereocenters. The molecule has 0 saturated heterocycles. The third kappa shape index (κ3) is 3.68. The summed E-state index contributed by atoms with van der Waals surface area (Å²) in [6.07, 6.45) is 13.0. The Morgan fingerprint density at radius 1 is 0.950 bits per heavy atom. The molecular formula is C15H22N4O. The van der Waals surface area contributed by atoms with Gasteiger partial charge in [0.05, 0.1) is 5.56 Å². The number of carbonyl (C=O) groups excluding carboxylic acids is 1. The summed E-state index contributed by atoms with van der Waals surface area (Å²) >= 11 is 0. The van der Waals surface area contributed by atoms with E-state index in [9.17, 15) is 4.79 Å². The van der Waals surface area contributed by atoms with Crippen LogP contribution in [0.25, 0.3) is 0 Å². The number of carbonyl (C=O) groups is 1. The van der Waals surface area contributed by atoms with Gasteiger partial charge in [0.15, 0.2) is 0 Å². The van der Waals surface area contributed by atoms with Crippen molar-refractivity contribution in [3.8, 4) is 0 Å². The second-order valence-electron chi connectivity index (χ2n) is 5.88. The lowest BCUT2D eigenvalue weighted by atomic mass is 10.1. The van der Waals surface area contributed by atoms with E-state index >= 15 is 0 Å². The fourth-order valence-electron chi connectivity index (χ4n) is 2.62. The van der Waals surface area contributed by atoms with Crippen LogP contribution in [-0.4, -0.2) is 28.0 Å². The zero-order valence-corrected chi connectivity index (χ0v) is 11.8. The van der Waals surface area contributed by atoms with Crippen molar-refractivity contribution in [3.05, 3.63) is 18.0 Å². The largest absolute Gasteiger partial charge is 0.351 e. The first-order valence-corrected chi connectivity index (χ1v) is 7.71. The maximum Gasteiger partial charge on any atom is 0.254 e. The van der Waals surface area contributed by atoms with Crippen LogP contribution in [0.1, 0.15) is 61.7 Å². The monoisotopic (exact) mass is 274 g/mol. The Labute approximate surface area is 119 Å². The standard InChI is InChI=1S/C15H22N4O/c20-14(18-13-7-8-13)11-9-16-15(17-10-11)19-12-5-3-1-2-4-6-12/h9-10,12-13H,1-8H2,(H,18,20)(H,16,17,19). The van der Waals surface area contributed by atoms with Gasteiger partial charge in [-0.3, -0.25) is 4.79 Å². The third-order valence-electron chi connectivity index (χ3n) is 4.01. The number of nitrogens with zero attached hydrogens (tertiary/aromatic N) is 2. The predicted octanol–water partition coefficient (Wildman–Crippen LogP) is 2.50. The van der Waals surface area contributed by atoms with Crippen molar-refractivity contribution in [1.82, 2.24) is 15.3 Å². The Bertz CT molecular complexity index is 447. The molecule has 1 heterocycles. The molecule has 5 nitrogen and oxygen atoms in total. The quantitative estimate of drug-likeness (QED) is 0.828. The average Bonchev–Trinajstić information content (AvgIpc) is 3.27. The number of nitrogens with one attached hydrogen (secondary N) is 2. The fourth-order valence-corrected chi connectivity index (χ4v) is 2.62. The van der Waals surface area contributed by atoms with E-state index in [0.717, 1.165) is 12.8 Å². The minimum Gasteiger partial charge on any atom is -0.351 e. The first-order valence-electron chi connectivity index (χ1n) is 7.71. The van der Waals surface area contributed by atoms with E-state index in [0.29, 0.717) is 23.6 Å². The van der Waals surface area contributed by atoms with E-state index in [1.807, 2.05) is 0 Å². The average molecular weight is 274 g/mol. The molecule has 0 atom stereocenters. The van der Waals surface area contributed by atoms with Crippen LogP contribution in [0.5, 0.6) is 0 Å². The summed E-state index contributed by atoms with van der Waals surface area (Å²) < 4.78 is 0. The Morgan fingerprint density at radius 2 is 1.60 bits per heavy atom. The van der Waals surface area contributed by atoms with E-state index in [4.69, 9.17) is 0 Å². The van der Waals surface area contributed by atoms with Crippen molar-refractivity contribution in [2.45, 2.75) is 63.5 Å². The molecule has 0 radical (unpaired) electrons. The minimum absolute atomic E-state index is 0.0616. The number of anilines is 1. The molecule has 2 fully saturated rings. The maximum absolute atomic E-state index is 11.8. The van der Waals surface area contributed by atoms with Crippen molar-refractivity contribution in [2.75, 3.05) is 5.32 Å². The lowest BCUT2D eigenvalue weighted by Crippen LogP contribution is -2.26. The molecule has 2 aliphatic rings. The van der Waals surface area contributed by atoms with Crippen LogP contribution >= 0.6 is 0 Å². The minimum atomic E-state index is -0.0616. The Kier molecular flexibility index (Phi) is 4.14. The van der Waals surface area contributed by atoms with Crippen molar-refractivity contribution >= 4 is 11.9 Å². The zero-order valence-electron chi connectivity index (χ0n) is 11.8. The van der Waals surface area contributed by atoms with Gasteiger partial charge < -0.3 is 10.6 Å². The SMILES string of the molecule is O=C(NC1CC1)c1cnc(NC2CCCCCC2)nc1. The molecule has 2 N–H and O–H groups in total. The molecule has 5 heteroatoms. The highest BCUT2D eigenvalue weighted by atomic mass is 16.1. The second-order valence-corrected chi connectivity index (χ2v) is 5.88. The normalized spacial score (nSPS) is 20.2. The summed E-state index contributed by atoms with van der Waals surface area (Å²) in [5.74, 6) is 0.577. The van der Waals surface area contributed by atoms with Crippen LogP contribution in [0.15, 0.2) is 12.4 Å². The van der Waals surface area contributed by atoms with Crippen LogP contribution in [0.4, 0.5) is 5.95 Å². The fraction of sp³-hybridized carbons (Fsp3) is 0.667. The predicted molar refractivity (Wildman–Crippen MR) is 77.6 cm³/mol. The molecule has 20 heavy (non-hydrogen) atoms. The van der Waals surface area contributed by atoms with Crippen LogP contribution in [-0.2, 0) is 0 Å². The lowest BCUT2D eigenvalue weighted by molar-refractivity contribution is 0.0950. The van der Waals surface area contributed by atoms with Gasteiger partial charge in [0.25, 0.3) is 5.91 Å². The highest BCUT2D eigenvalue weighted by molar-refractivity contribution is 5.94. The smallest absolute Gasteiger partial charge is 0.254 e. The molecule has 3 rings (SSSR count). The Morgan fingerprint density at radius 3 is 2.20 bits per heavy atom. The highest BCUT2D eigenvalue weighted by Crippen LogP contribution is 2.20. The van der Waals surface area contributed by atoms with E-state index in [1.54, 1.807) is 12.4 Å². The first kappa shape index (κ1) is 13.3. The summed E-state index contributed by atoms with van der Waals surface area (Å²) in [4.78, 5) is 20.4. The highest BCUT2D eigenvalue weighted by Gasteiger charge is 2.24. The van der Waals surface area contributed by atoms with Gasteiger partial charge in [0, 0.05) is 24.5 Å². The Hall–Kier alpha value is -1.65. The first-order chi connectivity index (χ1) is 9.81. The van der Waals surface area contributed by atoms with Crippen LogP contribution < -0.4 is 10.6 Å². The van der Waals surface area contributed by atoms with Gasteiger partial charge in [-0.1, -0.05) is 25.7 Å². The number of hydrogen-bond acceptors (Lipinski definition) is 4. The van der Waals surface area contributed by atoms with E-state index in [-0.39, 0.29) is 5.91 Å². The molecule has 2 saturated carbocycles. The molecule has 0 spiro atoms. The van der Waals surface area contributed by atoms with Crippen molar-refractivity contribution < 1.29 is 4.79 Å². The molecule has 2 aliphatic carbocycles. The third-order valence-corrected chi connectivity index (χ3v) is 4.01. The second kappa shape index (κ2) is 6.20. The molecular weight excluding hydrogens is 252 g/mol. The van der Waals surface area contributed by atoms with Gasteiger partial charge in [-0.25, -0.2) is 9.97 Å². The van der Waals surface area contributed by atoms with Crippen LogP contribution in [0, 0.1) is 0 Å². The van der Waals surface area contributed by atoms with Crippen LogP contribution in [0.2, 0.25) is 0 Å². The van der Waals surface area contributed by atoms with E-state index in [1.165, 1.54) is 38.5 Å². The molecule has 0 bridgehead atoms. The number of hydrogen-bond donors (Lipinski definition) is 2. The van der Waals surface area contributed by atoms with Gasteiger partial charge in [0.2, 0.25) is 5.95 Å². The number of amides is 1. The number of rotatable bonds is 4. The van der Waals surface area contributed by atoms with E-state index in [2.05, 4.69) is 20.6 Å². The number of aromatic nitrogens is 2. The Balaban J connectivity index is 1.55. The topological polar surface area (TPSA) is 66.9 Å². The molecule has 1 aromatic heterocycles. The molecule has 1 aromatic rings. The molecule has 0 aliphatic heterocycles. The van der Waals surface area contributed by atoms with Crippen molar-refractivity contribution in [2.24, 2.45) is 0 Å². The van der Waals surface area contributed by atoms with Gasteiger partial charge in [-0.2, -0.15) is 0 Å². The van der Waals surface area contributed by atoms with Crippen LogP contribution in [0.3, 0.4) is 0 Å². The summed E-state index contributed by atoms with van der Waals surface area (Å²) in [5.41, 5.74) is 0.545. The summed E-state index contributed by atoms with van der Waals surface area (Å²) in [6.45, 7) is 0. The van der Waals surface area contributed by atoms with E-state index < -0.39 is 0 Å². The zero-order chi connectivity index (χ0) is 13.8. The molecule has 1 amide bonds. The molecule has 108 valence electrons. The van der Waals surface area contributed by atoms with Gasteiger partial charge in [-0.05, 0) is 25.7 Å². The summed E-state index contributed by atoms with van der Waals surface area (Å²) in [7, 11) is 0. The van der Waals surface area contributed by atoms with Crippen molar-refractivity contribution in [3.63, 3.8) is 0 Å². The lowest BCUT2D eigenvalue weighted by Gasteiger charge is -2.15. The van der Waals surface area contributed by atoms with Gasteiger partial charge in [0.1, 0.15) is 0 Å². The summed E-state index contributed by atoms with van der Waals surface area (Å²) in [5, 5.41) is 6.33.